The molecule has 7 nitrogen and oxygen atoms in total. The average Bonchev–Trinajstić information content (AvgIpc) is 2.85. The van der Waals surface area contributed by atoms with Crippen LogP contribution in [0.2, 0.25) is 5.02 Å². The summed E-state index contributed by atoms with van der Waals surface area (Å²) in [5.41, 5.74) is 1.49. The van der Waals surface area contributed by atoms with E-state index in [0.29, 0.717) is 0 Å². The van der Waals surface area contributed by atoms with E-state index in [2.05, 4.69) is 5.32 Å². The van der Waals surface area contributed by atoms with Gasteiger partial charge in [-0.2, -0.15) is 0 Å². The third kappa shape index (κ3) is 7.36. The first kappa shape index (κ1) is 29.2. The fourth-order valence-corrected chi connectivity index (χ4v) is 5.69. The Labute approximate surface area is 230 Å². The van der Waals surface area contributed by atoms with Crippen LogP contribution < -0.4 is 9.62 Å². The van der Waals surface area contributed by atoms with E-state index in [4.69, 9.17) is 11.6 Å². The molecular formula is C29H34ClN3O4S. The molecule has 1 atom stereocenters. The van der Waals surface area contributed by atoms with Gasteiger partial charge in [-0.15, -0.1) is 0 Å². The van der Waals surface area contributed by atoms with Crippen LogP contribution in [0.3, 0.4) is 0 Å². The normalized spacial score (nSPS) is 12.5. The maximum atomic E-state index is 13.9. The molecule has 0 aromatic heterocycles. The number of anilines is 1. The van der Waals surface area contributed by atoms with Crippen molar-refractivity contribution >= 4 is 39.1 Å². The maximum absolute atomic E-state index is 13.9. The molecule has 0 heterocycles. The van der Waals surface area contributed by atoms with Gasteiger partial charge in [0.25, 0.3) is 10.0 Å². The molecule has 38 heavy (non-hydrogen) atoms. The molecule has 1 N–H and O–H groups in total. The van der Waals surface area contributed by atoms with Gasteiger partial charge in [-0.05, 0) is 64.4 Å². The second kappa shape index (κ2) is 12.0. The molecule has 0 saturated heterocycles. The minimum atomic E-state index is -4.16. The Bertz CT molecular complexity index is 1390. The predicted octanol–water partition coefficient (Wildman–Crippen LogP) is 5.18. The van der Waals surface area contributed by atoms with Crippen molar-refractivity contribution in [2.45, 2.75) is 57.6 Å². The number of nitrogens with one attached hydrogen (secondary N) is 1. The van der Waals surface area contributed by atoms with Gasteiger partial charge in [0.1, 0.15) is 12.6 Å². The number of hydrogen-bond acceptors (Lipinski definition) is 4. The molecule has 0 unspecified atom stereocenters. The zero-order chi connectivity index (χ0) is 28.1. The molecule has 9 heteroatoms. The van der Waals surface area contributed by atoms with Crippen molar-refractivity contribution in [3.05, 3.63) is 95.0 Å². The molecule has 0 fully saturated rings. The lowest BCUT2D eigenvalue weighted by molar-refractivity contribution is -0.140. The van der Waals surface area contributed by atoms with Crippen molar-refractivity contribution in [3.8, 4) is 0 Å². The molecule has 0 saturated carbocycles. The SMILES string of the molecule is Cc1cccc(CN(C(=O)CN(c2ccccc2Cl)S(=O)(=O)c2ccccc2)[C@H](C)C(=O)NC(C)(C)C)c1. The number of benzene rings is 3. The van der Waals surface area contributed by atoms with E-state index in [0.717, 1.165) is 15.4 Å². The summed E-state index contributed by atoms with van der Waals surface area (Å²) in [7, 11) is -4.16. The fraction of sp³-hybridized carbons (Fsp3) is 0.310. The molecule has 3 aromatic rings. The van der Waals surface area contributed by atoms with Gasteiger partial charge >= 0.3 is 0 Å². The molecule has 2 amide bonds. The zero-order valence-corrected chi connectivity index (χ0v) is 23.9. The number of nitrogens with zero attached hydrogens (tertiary/aromatic N) is 2. The molecule has 202 valence electrons. The molecule has 0 spiro atoms. The summed E-state index contributed by atoms with van der Waals surface area (Å²) in [5, 5.41) is 3.10. The maximum Gasteiger partial charge on any atom is 0.264 e. The highest BCUT2D eigenvalue weighted by Gasteiger charge is 2.34. The molecule has 0 aliphatic rings. The highest BCUT2D eigenvalue weighted by atomic mass is 35.5. The van der Waals surface area contributed by atoms with Crippen LogP contribution in [0.15, 0.2) is 83.8 Å². The quantitative estimate of drug-likeness (QED) is 0.394. The van der Waals surface area contributed by atoms with Gasteiger partial charge in [0.05, 0.1) is 15.6 Å². The monoisotopic (exact) mass is 555 g/mol. The Morgan fingerprint density at radius 2 is 1.58 bits per heavy atom. The minimum absolute atomic E-state index is 0.0245. The number of amides is 2. The Kier molecular flexibility index (Phi) is 9.22. The van der Waals surface area contributed by atoms with Crippen LogP contribution in [0.5, 0.6) is 0 Å². The first-order valence-corrected chi connectivity index (χ1v) is 14.1. The lowest BCUT2D eigenvalue weighted by Crippen LogP contribution is -2.54. The second-order valence-corrected chi connectivity index (χ2v) is 12.5. The number of carbonyl (C=O) groups excluding carboxylic acids is 2. The largest absolute Gasteiger partial charge is 0.350 e. The van der Waals surface area contributed by atoms with Crippen molar-refractivity contribution < 1.29 is 18.0 Å². The summed E-state index contributed by atoms with van der Waals surface area (Å²) in [6.45, 7) is 8.74. The third-order valence-electron chi connectivity index (χ3n) is 5.83. The summed E-state index contributed by atoms with van der Waals surface area (Å²) in [4.78, 5) is 28.5. The van der Waals surface area contributed by atoms with Gasteiger partial charge < -0.3 is 10.2 Å². The smallest absolute Gasteiger partial charge is 0.264 e. The number of halogens is 1. The molecule has 0 bridgehead atoms. The van der Waals surface area contributed by atoms with Crippen molar-refractivity contribution in [3.63, 3.8) is 0 Å². The van der Waals surface area contributed by atoms with Gasteiger partial charge in [-0.1, -0.05) is 71.8 Å². The van der Waals surface area contributed by atoms with Crippen LogP contribution in [0.4, 0.5) is 5.69 Å². The molecule has 3 aromatic carbocycles. The van der Waals surface area contributed by atoms with Crippen LogP contribution in [0.25, 0.3) is 0 Å². The molecular weight excluding hydrogens is 522 g/mol. The third-order valence-corrected chi connectivity index (χ3v) is 7.93. The van der Waals surface area contributed by atoms with Crippen molar-refractivity contribution in [2.75, 3.05) is 10.8 Å². The lowest BCUT2D eigenvalue weighted by atomic mass is 10.1. The van der Waals surface area contributed by atoms with Gasteiger partial charge in [0, 0.05) is 12.1 Å². The Morgan fingerprint density at radius 1 is 0.947 bits per heavy atom. The first-order valence-electron chi connectivity index (χ1n) is 12.3. The molecule has 3 rings (SSSR count). The minimum Gasteiger partial charge on any atom is -0.350 e. The Morgan fingerprint density at radius 3 is 2.18 bits per heavy atom. The number of aryl methyl sites for hydroxylation is 1. The zero-order valence-electron chi connectivity index (χ0n) is 22.3. The summed E-state index contributed by atoms with van der Waals surface area (Å²) in [5.74, 6) is -0.879. The van der Waals surface area contributed by atoms with Gasteiger partial charge in [-0.3, -0.25) is 13.9 Å². The predicted molar refractivity (Wildman–Crippen MR) is 152 cm³/mol. The summed E-state index contributed by atoms with van der Waals surface area (Å²) < 4.78 is 28.5. The van der Waals surface area contributed by atoms with E-state index in [9.17, 15) is 18.0 Å². The van der Waals surface area contributed by atoms with E-state index in [-0.39, 0.29) is 28.1 Å². The molecule has 0 aliphatic carbocycles. The lowest BCUT2D eigenvalue weighted by Gasteiger charge is -2.33. The van der Waals surface area contributed by atoms with Crippen molar-refractivity contribution in [2.24, 2.45) is 0 Å². The van der Waals surface area contributed by atoms with E-state index < -0.39 is 34.1 Å². The van der Waals surface area contributed by atoms with Gasteiger partial charge in [0.15, 0.2) is 0 Å². The highest BCUT2D eigenvalue weighted by molar-refractivity contribution is 7.92. The summed E-state index contributed by atoms with van der Waals surface area (Å²) >= 11 is 6.41. The van der Waals surface area contributed by atoms with E-state index in [1.165, 1.54) is 17.0 Å². The van der Waals surface area contributed by atoms with Crippen LogP contribution in [-0.2, 0) is 26.2 Å². The van der Waals surface area contributed by atoms with Crippen LogP contribution in [-0.4, -0.2) is 43.3 Å². The highest BCUT2D eigenvalue weighted by Crippen LogP contribution is 2.30. The first-order chi connectivity index (χ1) is 17.8. The van der Waals surface area contributed by atoms with E-state index >= 15 is 0 Å². The Balaban J connectivity index is 2.04. The van der Waals surface area contributed by atoms with Crippen molar-refractivity contribution in [1.82, 2.24) is 10.2 Å². The van der Waals surface area contributed by atoms with Gasteiger partial charge in [-0.25, -0.2) is 8.42 Å². The topological polar surface area (TPSA) is 86.8 Å². The number of para-hydroxylation sites is 1. The Hall–Kier alpha value is -3.36. The number of rotatable bonds is 9. The number of carbonyl (C=O) groups is 2. The standard InChI is InChI=1S/C29H34ClN3O4S/c1-21-12-11-13-23(18-21)19-32(22(2)28(35)31-29(3,4)5)27(34)20-33(26-17-10-9-16-25(26)30)38(36,37)24-14-7-6-8-15-24/h6-18,22H,19-20H2,1-5H3,(H,31,35)/t22-/m1/s1. The van der Waals surface area contributed by atoms with E-state index in [1.54, 1.807) is 49.4 Å². The van der Waals surface area contributed by atoms with Crippen LogP contribution in [0.1, 0.15) is 38.8 Å². The van der Waals surface area contributed by atoms with Crippen LogP contribution >= 0.6 is 11.6 Å². The molecule has 0 aliphatic heterocycles. The fourth-order valence-electron chi connectivity index (χ4n) is 3.95. The van der Waals surface area contributed by atoms with Crippen LogP contribution in [0, 0.1) is 6.92 Å². The summed E-state index contributed by atoms with van der Waals surface area (Å²) in [6.07, 6.45) is 0. The summed E-state index contributed by atoms with van der Waals surface area (Å²) in [6, 6.07) is 21.1. The van der Waals surface area contributed by atoms with Gasteiger partial charge in [0.2, 0.25) is 11.8 Å². The second-order valence-electron chi connectivity index (χ2n) is 10.2. The van der Waals surface area contributed by atoms with Crippen molar-refractivity contribution in [1.29, 1.82) is 0 Å². The average molecular weight is 556 g/mol. The molecule has 0 radical (unpaired) electrons. The number of hydrogen-bond donors (Lipinski definition) is 1. The van der Waals surface area contributed by atoms with E-state index in [1.807, 2.05) is 52.0 Å². The number of sulfonamides is 1.